The van der Waals surface area contributed by atoms with Crippen molar-refractivity contribution in [2.45, 2.75) is 20.4 Å². The highest BCUT2D eigenvalue weighted by molar-refractivity contribution is 5.93. The smallest absolute Gasteiger partial charge is 0.274 e. The number of fused-ring (bicyclic) bond motifs is 1. The number of aromatic nitrogens is 2. The minimum atomic E-state index is -0.460. The predicted octanol–water partition coefficient (Wildman–Crippen LogP) is 3.20. The molecule has 0 atom stereocenters. The maximum Gasteiger partial charge on any atom is 0.274 e. The molecule has 0 saturated heterocycles. The summed E-state index contributed by atoms with van der Waals surface area (Å²) in [6.45, 7) is 3.55. The normalized spacial score (nSPS) is 10.8. The number of amides is 1. The van der Waals surface area contributed by atoms with Gasteiger partial charge in [-0.05, 0) is 32.0 Å². The molecule has 24 heavy (non-hydrogen) atoms. The molecule has 0 unspecified atom stereocenters. The molecular formula is C17H16N4O3. The van der Waals surface area contributed by atoms with Crippen LogP contribution in [0.15, 0.2) is 42.5 Å². The van der Waals surface area contributed by atoms with Gasteiger partial charge in [0.1, 0.15) is 12.4 Å². The Kier molecular flexibility index (Phi) is 3.99. The second kappa shape index (κ2) is 6.11. The summed E-state index contributed by atoms with van der Waals surface area (Å²) in [7, 11) is 0. The molecule has 122 valence electrons. The Balaban J connectivity index is 1.85. The van der Waals surface area contributed by atoms with Crippen LogP contribution in [-0.4, -0.2) is 20.4 Å². The van der Waals surface area contributed by atoms with Crippen LogP contribution in [0, 0.1) is 24.0 Å². The van der Waals surface area contributed by atoms with Crippen molar-refractivity contribution in [1.29, 1.82) is 0 Å². The fraction of sp³-hybridized carbons (Fsp3) is 0.176. The van der Waals surface area contributed by atoms with E-state index in [0.29, 0.717) is 11.3 Å². The number of carbonyl (C=O) groups is 1. The number of hydrogen-bond donors (Lipinski definition) is 1. The number of nitrogens with zero attached hydrogens (tertiary/aromatic N) is 3. The maximum absolute atomic E-state index is 12.4. The summed E-state index contributed by atoms with van der Waals surface area (Å²) in [5.41, 5.74) is 2.56. The van der Waals surface area contributed by atoms with E-state index in [1.54, 1.807) is 19.1 Å². The van der Waals surface area contributed by atoms with Gasteiger partial charge in [0.15, 0.2) is 0 Å². The quantitative estimate of drug-likeness (QED) is 0.589. The molecule has 0 aliphatic carbocycles. The van der Waals surface area contributed by atoms with E-state index in [0.717, 1.165) is 16.9 Å². The highest BCUT2D eigenvalue weighted by Crippen LogP contribution is 2.25. The molecule has 1 amide bonds. The van der Waals surface area contributed by atoms with Crippen molar-refractivity contribution < 1.29 is 9.72 Å². The van der Waals surface area contributed by atoms with E-state index in [4.69, 9.17) is 0 Å². The lowest BCUT2D eigenvalue weighted by Crippen LogP contribution is -2.20. The van der Waals surface area contributed by atoms with Crippen LogP contribution < -0.4 is 5.32 Å². The lowest BCUT2D eigenvalue weighted by molar-refractivity contribution is -0.385. The lowest BCUT2D eigenvalue weighted by Gasteiger charge is -2.10. The van der Waals surface area contributed by atoms with Crippen LogP contribution in [0.25, 0.3) is 11.0 Å². The summed E-state index contributed by atoms with van der Waals surface area (Å²) in [6, 6.07) is 12.2. The molecule has 0 bridgehead atoms. The largest absolute Gasteiger partial charge is 0.324 e. The van der Waals surface area contributed by atoms with Crippen molar-refractivity contribution in [2.75, 3.05) is 5.32 Å². The Bertz CT molecular complexity index is 946. The average Bonchev–Trinajstić information content (AvgIpc) is 2.85. The van der Waals surface area contributed by atoms with Gasteiger partial charge in [0.2, 0.25) is 5.91 Å². The second-order valence-corrected chi connectivity index (χ2v) is 5.49. The highest BCUT2D eigenvalue weighted by Gasteiger charge is 2.16. The Labute approximate surface area is 138 Å². The molecule has 2 aromatic carbocycles. The van der Waals surface area contributed by atoms with E-state index < -0.39 is 4.92 Å². The fourth-order valence-electron chi connectivity index (χ4n) is 2.69. The first-order valence-corrected chi connectivity index (χ1v) is 7.43. The van der Waals surface area contributed by atoms with Gasteiger partial charge in [-0.2, -0.15) is 0 Å². The number of rotatable bonds is 4. The molecule has 0 radical (unpaired) electrons. The summed E-state index contributed by atoms with van der Waals surface area (Å²) < 4.78 is 1.82. The molecule has 0 fully saturated rings. The molecule has 3 rings (SSSR count). The number of anilines is 1. The highest BCUT2D eigenvalue weighted by atomic mass is 16.6. The first-order valence-electron chi connectivity index (χ1n) is 7.43. The minimum Gasteiger partial charge on any atom is -0.324 e. The number of carbonyl (C=O) groups excluding carboxylic acids is 1. The number of imidazole rings is 1. The number of benzene rings is 2. The van der Waals surface area contributed by atoms with Crippen LogP contribution in [0.1, 0.15) is 11.4 Å². The van der Waals surface area contributed by atoms with Gasteiger partial charge in [-0.25, -0.2) is 4.98 Å². The third-order valence-corrected chi connectivity index (χ3v) is 3.92. The van der Waals surface area contributed by atoms with Crippen molar-refractivity contribution in [3.05, 3.63) is 64.0 Å². The van der Waals surface area contributed by atoms with Gasteiger partial charge in [-0.15, -0.1) is 0 Å². The molecule has 0 spiro atoms. The van der Waals surface area contributed by atoms with Crippen molar-refractivity contribution in [3.8, 4) is 0 Å². The number of nitro groups is 1. The Morgan fingerprint density at radius 1 is 1.21 bits per heavy atom. The summed E-state index contributed by atoms with van der Waals surface area (Å²) in [4.78, 5) is 27.3. The number of nitrogens with one attached hydrogen (secondary N) is 1. The molecule has 0 saturated carbocycles. The van der Waals surface area contributed by atoms with Crippen LogP contribution in [-0.2, 0) is 11.3 Å². The van der Waals surface area contributed by atoms with Gasteiger partial charge in [0.05, 0.1) is 27.2 Å². The fourth-order valence-corrected chi connectivity index (χ4v) is 2.69. The molecule has 1 heterocycles. The molecule has 1 N–H and O–H groups in total. The molecule has 0 aliphatic rings. The number of hydrogen-bond acceptors (Lipinski definition) is 4. The van der Waals surface area contributed by atoms with Crippen LogP contribution in [0.5, 0.6) is 0 Å². The van der Waals surface area contributed by atoms with Gasteiger partial charge in [-0.3, -0.25) is 14.9 Å². The van der Waals surface area contributed by atoms with Crippen molar-refractivity contribution in [1.82, 2.24) is 9.55 Å². The summed E-state index contributed by atoms with van der Waals surface area (Å²) in [5, 5.41) is 13.7. The van der Waals surface area contributed by atoms with Crippen LogP contribution in [0.4, 0.5) is 11.4 Å². The zero-order valence-electron chi connectivity index (χ0n) is 13.3. The van der Waals surface area contributed by atoms with Gasteiger partial charge in [0.25, 0.3) is 5.69 Å². The summed E-state index contributed by atoms with van der Waals surface area (Å²) >= 11 is 0. The first kappa shape index (κ1) is 15.7. The number of para-hydroxylation sites is 2. The van der Waals surface area contributed by atoms with E-state index in [2.05, 4.69) is 10.3 Å². The van der Waals surface area contributed by atoms with Crippen LogP contribution >= 0.6 is 0 Å². The van der Waals surface area contributed by atoms with Crippen molar-refractivity contribution in [2.24, 2.45) is 0 Å². The Morgan fingerprint density at radius 3 is 2.71 bits per heavy atom. The molecule has 7 nitrogen and oxygen atoms in total. The summed E-state index contributed by atoms with van der Waals surface area (Å²) in [6.07, 6.45) is 0. The third kappa shape index (κ3) is 2.83. The SMILES string of the molecule is Cc1c(NC(=O)Cn2c(C)nc3ccccc32)cccc1[N+](=O)[O-]. The van der Waals surface area contributed by atoms with E-state index in [1.807, 2.05) is 35.8 Å². The number of aryl methyl sites for hydroxylation is 1. The van der Waals surface area contributed by atoms with Gasteiger partial charge < -0.3 is 9.88 Å². The van der Waals surface area contributed by atoms with Crippen LogP contribution in [0.2, 0.25) is 0 Å². The molecule has 1 aromatic heterocycles. The zero-order chi connectivity index (χ0) is 17.3. The maximum atomic E-state index is 12.4. The van der Waals surface area contributed by atoms with Gasteiger partial charge in [-0.1, -0.05) is 18.2 Å². The monoisotopic (exact) mass is 324 g/mol. The third-order valence-electron chi connectivity index (χ3n) is 3.92. The predicted molar refractivity (Wildman–Crippen MR) is 90.9 cm³/mol. The molecule has 0 aliphatic heterocycles. The average molecular weight is 324 g/mol. The van der Waals surface area contributed by atoms with Gasteiger partial charge in [0, 0.05) is 6.07 Å². The van der Waals surface area contributed by atoms with Crippen molar-refractivity contribution >= 4 is 28.3 Å². The molecule has 3 aromatic rings. The minimum absolute atomic E-state index is 0.0166. The van der Waals surface area contributed by atoms with E-state index in [-0.39, 0.29) is 18.1 Å². The Morgan fingerprint density at radius 2 is 1.96 bits per heavy atom. The summed E-state index contributed by atoms with van der Waals surface area (Å²) in [5.74, 6) is 0.479. The van der Waals surface area contributed by atoms with Gasteiger partial charge >= 0.3 is 0 Å². The first-order chi connectivity index (χ1) is 11.5. The Hall–Kier alpha value is -3.22. The van der Waals surface area contributed by atoms with E-state index in [9.17, 15) is 14.9 Å². The second-order valence-electron chi connectivity index (χ2n) is 5.49. The van der Waals surface area contributed by atoms with E-state index >= 15 is 0 Å². The van der Waals surface area contributed by atoms with Crippen LogP contribution in [0.3, 0.4) is 0 Å². The lowest BCUT2D eigenvalue weighted by atomic mass is 10.1. The van der Waals surface area contributed by atoms with Crippen molar-refractivity contribution in [3.63, 3.8) is 0 Å². The zero-order valence-corrected chi connectivity index (χ0v) is 13.3. The standard InChI is InChI=1S/C17H16N4O3/c1-11-13(7-5-9-15(11)21(23)24)19-17(22)10-20-12(2)18-14-6-3-4-8-16(14)20/h3-9H,10H2,1-2H3,(H,19,22). The van der Waals surface area contributed by atoms with E-state index in [1.165, 1.54) is 6.07 Å². The number of nitro benzene ring substituents is 1. The molecule has 7 heteroatoms. The molecular weight excluding hydrogens is 308 g/mol. The topological polar surface area (TPSA) is 90.1 Å².